The summed E-state index contributed by atoms with van der Waals surface area (Å²) in [6.45, 7) is 0. The molecule has 0 fully saturated rings. The van der Waals surface area contributed by atoms with Gasteiger partial charge < -0.3 is 5.32 Å². The summed E-state index contributed by atoms with van der Waals surface area (Å²) in [7, 11) is 0. The van der Waals surface area contributed by atoms with Gasteiger partial charge >= 0.3 is 0 Å². The monoisotopic (exact) mass is 435 g/mol. The lowest BCUT2D eigenvalue weighted by atomic mass is 10.1. The zero-order chi connectivity index (χ0) is 18.6. The van der Waals surface area contributed by atoms with Crippen molar-refractivity contribution in [3.8, 4) is 21.8 Å². The molecule has 2 aromatic heterocycles. The van der Waals surface area contributed by atoms with Gasteiger partial charge in [0.15, 0.2) is 0 Å². The third-order valence-corrected chi connectivity index (χ3v) is 5.36. The predicted molar refractivity (Wildman–Crippen MR) is 113 cm³/mol. The van der Waals surface area contributed by atoms with Gasteiger partial charge in [-0.2, -0.15) is 0 Å². The minimum atomic E-state index is -0.144. The van der Waals surface area contributed by atoms with Gasteiger partial charge in [-0.15, -0.1) is 11.3 Å². The van der Waals surface area contributed by atoms with E-state index >= 15 is 0 Å². The van der Waals surface area contributed by atoms with E-state index in [1.54, 1.807) is 35.9 Å². The van der Waals surface area contributed by atoms with Crippen molar-refractivity contribution in [2.45, 2.75) is 0 Å². The smallest absolute Gasteiger partial charge is 0.255 e. The fourth-order valence-corrected chi connectivity index (χ4v) is 3.67. The lowest BCUT2D eigenvalue weighted by molar-refractivity contribution is 0.102. The van der Waals surface area contributed by atoms with Crippen molar-refractivity contribution in [2.75, 3.05) is 5.32 Å². The highest BCUT2D eigenvalue weighted by atomic mass is 79.9. The van der Waals surface area contributed by atoms with Crippen LogP contribution in [0.5, 0.6) is 0 Å². The van der Waals surface area contributed by atoms with Gasteiger partial charge in [-0.3, -0.25) is 9.78 Å². The third-order valence-electron chi connectivity index (χ3n) is 3.94. The summed E-state index contributed by atoms with van der Waals surface area (Å²) in [6.07, 6.45) is 3.55. The largest absolute Gasteiger partial charge is 0.322 e. The Balaban J connectivity index is 1.55. The van der Waals surface area contributed by atoms with E-state index in [4.69, 9.17) is 4.98 Å². The number of rotatable bonds is 4. The Morgan fingerprint density at radius 1 is 1.00 bits per heavy atom. The fourth-order valence-electron chi connectivity index (χ4n) is 2.59. The molecule has 132 valence electrons. The second-order valence-corrected chi connectivity index (χ2v) is 7.60. The van der Waals surface area contributed by atoms with E-state index in [0.29, 0.717) is 5.56 Å². The summed E-state index contributed by atoms with van der Waals surface area (Å²) in [6, 6.07) is 18.8. The highest BCUT2D eigenvalue weighted by Crippen LogP contribution is 2.29. The zero-order valence-electron chi connectivity index (χ0n) is 14.1. The van der Waals surface area contributed by atoms with Crippen LogP contribution in [-0.4, -0.2) is 15.9 Å². The molecule has 0 radical (unpaired) electrons. The highest BCUT2D eigenvalue weighted by molar-refractivity contribution is 9.10. The van der Waals surface area contributed by atoms with E-state index < -0.39 is 0 Å². The highest BCUT2D eigenvalue weighted by Gasteiger charge is 2.09. The molecule has 2 aromatic carbocycles. The van der Waals surface area contributed by atoms with Gasteiger partial charge in [-0.1, -0.05) is 28.1 Å². The molecule has 1 amide bonds. The Labute approximate surface area is 169 Å². The number of anilines is 1. The van der Waals surface area contributed by atoms with Gasteiger partial charge in [0, 0.05) is 44.6 Å². The Hall–Kier alpha value is -2.83. The van der Waals surface area contributed by atoms with Gasteiger partial charge in [0.1, 0.15) is 5.01 Å². The van der Waals surface area contributed by atoms with E-state index in [2.05, 4.69) is 26.2 Å². The predicted octanol–water partition coefficient (Wildman–Crippen LogP) is 5.89. The molecule has 4 aromatic rings. The fraction of sp³-hybridized carbons (Fsp3) is 0. The number of hydrogen-bond acceptors (Lipinski definition) is 4. The normalized spacial score (nSPS) is 10.6. The maximum absolute atomic E-state index is 12.4. The van der Waals surface area contributed by atoms with E-state index in [1.807, 2.05) is 53.9 Å². The van der Waals surface area contributed by atoms with Gasteiger partial charge in [0.05, 0.1) is 5.69 Å². The molecule has 4 rings (SSSR count). The molecule has 0 aliphatic heterocycles. The molecule has 1 N–H and O–H groups in total. The van der Waals surface area contributed by atoms with Crippen molar-refractivity contribution >= 4 is 38.9 Å². The summed E-state index contributed by atoms with van der Waals surface area (Å²) < 4.78 is 0.939. The van der Waals surface area contributed by atoms with Crippen LogP contribution >= 0.6 is 27.3 Å². The summed E-state index contributed by atoms with van der Waals surface area (Å²) in [5.74, 6) is -0.144. The van der Waals surface area contributed by atoms with Crippen molar-refractivity contribution in [1.29, 1.82) is 0 Å². The number of carbonyl (C=O) groups is 1. The molecular weight excluding hydrogens is 422 g/mol. The molecule has 0 unspecified atom stereocenters. The number of amides is 1. The van der Waals surface area contributed by atoms with Crippen LogP contribution in [0.1, 0.15) is 10.4 Å². The maximum Gasteiger partial charge on any atom is 0.255 e. The molecule has 0 bridgehead atoms. The molecule has 27 heavy (non-hydrogen) atoms. The Morgan fingerprint density at radius 3 is 2.59 bits per heavy atom. The average molecular weight is 436 g/mol. The summed E-state index contributed by atoms with van der Waals surface area (Å²) >= 11 is 4.95. The van der Waals surface area contributed by atoms with Crippen LogP contribution in [0, 0.1) is 0 Å². The van der Waals surface area contributed by atoms with Crippen molar-refractivity contribution in [3.63, 3.8) is 0 Å². The van der Waals surface area contributed by atoms with Gasteiger partial charge in [0.25, 0.3) is 5.91 Å². The lowest BCUT2D eigenvalue weighted by Crippen LogP contribution is -2.11. The second kappa shape index (κ2) is 7.82. The van der Waals surface area contributed by atoms with Gasteiger partial charge in [-0.05, 0) is 48.5 Å². The first kappa shape index (κ1) is 17.6. The summed E-state index contributed by atoms with van der Waals surface area (Å²) in [4.78, 5) is 21.3. The second-order valence-electron chi connectivity index (χ2n) is 5.82. The lowest BCUT2D eigenvalue weighted by Gasteiger charge is -2.07. The number of aromatic nitrogens is 2. The molecule has 0 spiro atoms. The van der Waals surface area contributed by atoms with Crippen LogP contribution in [0.4, 0.5) is 5.69 Å². The van der Waals surface area contributed by atoms with Crippen molar-refractivity contribution in [3.05, 3.63) is 88.5 Å². The minimum Gasteiger partial charge on any atom is -0.322 e. The van der Waals surface area contributed by atoms with E-state index in [0.717, 1.165) is 32.0 Å². The Bertz CT molecular complexity index is 1080. The Morgan fingerprint density at radius 2 is 1.81 bits per heavy atom. The number of hydrogen-bond donors (Lipinski definition) is 1. The van der Waals surface area contributed by atoms with Crippen molar-refractivity contribution in [2.24, 2.45) is 0 Å². The molecule has 4 nitrogen and oxygen atoms in total. The summed E-state index contributed by atoms with van der Waals surface area (Å²) in [5.41, 5.74) is 4.16. The molecule has 0 saturated carbocycles. The summed E-state index contributed by atoms with van der Waals surface area (Å²) in [5, 5.41) is 5.87. The number of thiazole rings is 1. The van der Waals surface area contributed by atoms with Crippen molar-refractivity contribution in [1.82, 2.24) is 9.97 Å². The standard InChI is InChI=1S/C21H14BrN3OS/c22-17-8-6-14(7-9-17)20(26)24-18-5-1-3-15(11-18)19-13-27-21(25-19)16-4-2-10-23-12-16/h1-13H,(H,24,26). The van der Waals surface area contributed by atoms with Crippen LogP contribution in [0.2, 0.25) is 0 Å². The van der Waals surface area contributed by atoms with Crippen LogP contribution in [0.3, 0.4) is 0 Å². The van der Waals surface area contributed by atoms with Crippen molar-refractivity contribution < 1.29 is 4.79 Å². The number of nitrogens with zero attached hydrogens (tertiary/aromatic N) is 2. The van der Waals surface area contributed by atoms with Crippen LogP contribution in [0.15, 0.2) is 82.9 Å². The quantitative estimate of drug-likeness (QED) is 0.434. The zero-order valence-corrected chi connectivity index (χ0v) is 16.5. The SMILES string of the molecule is O=C(Nc1cccc(-c2csc(-c3cccnc3)n2)c1)c1ccc(Br)cc1. The topological polar surface area (TPSA) is 54.9 Å². The molecule has 0 saturated heterocycles. The first-order valence-electron chi connectivity index (χ1n) is 8.22. The number of benzene rings is 2. The first-order chi connectivity index (χ1) is 13.2. The van der Waals surface area contributed by atoms with E-state index in [9.17, 15) is 4.79 Å². The molecule has 6 heteroatoms. The van der Waals surface area contributed by atoms with Gasteiger partial charge in [0.2, 0.25) is 0 Å². The van der Waals surface area contributed by atoms with Gasteiger partial charge in [-0.25, -0.2) is 4.98 Å². The molecule has 0 aliphatic carbocycles. The van der Waals surface area contributed by atoms with E-state index in [1.165, 1.54) is 0 Å². The molecule has 0 atom stereocenters. The van der Waals surface area contributed by atoms with E-state index in [-0.39, 0.29) is 5.91 Å². The minimum absolute atomic E-state index is 0.144. The third kappa shape index (κ3) is 4.13. The van der Waals surface area contributed by atoms with Crippen LogP contribution in [0.25, 0.3) is 21.8 Å². The number of halogens is 1. The number of pyridine rings is 1. The average Bonchev–Trinajstić information content (AvgIpc) is 3.20. The maximum atomic E-state index is 12.4. The molecular formula is C21H14BrN3OS. The number of carbonyl (C=O) groups excluding carboxylic acids is 1. The Kier molecular flexibility index (Phi) is 5.09. The molecule has 0 aliphatic rings. The van der Waals surface area contributed by atoms with Crippen LogP contribution in [-0.2, 0) is 0 Å². The number of nitrogens with one attached hydrogen (secondary N) is 1. The van der Waals surface area contributed by atoms with Crippen LogP contribution < -0.4 is 5.32 Å². The first-order valence-corrected chi connectivity index (χ1v) is 9.89. The molecule has 2 heterocycles.